The fraction of sp³-hybridized carbons (Fsp3) is 0.100. The van der Waals surface area contributed by atoms with Crippen LogP contribution in [0.2, 0.25) is 5.02 Å². The summed E-state index contributed by atoms with van der Waals surface area (Å²) in [5, 5.41) is 0.0535. The van der Waals surface area contributed by atoms with Gasteiger partial charge in [-0.2, -0.15) is 8.78 Å². The molecule has 0 saturated carbocycles. The number of rotatable bonds is 3. The van der Waals surface area contributed by atoms with Crippen molar-refractivity contribution in [3.05, 3.63) is 29.4 Å². The molecule has 2 aromatic rings. The van der Waals surface area contributed by atoms with Crippen LogP contribution < -0.4 is 10.5 Å². The molecule has 0 atom stereocenters. The van der Waals surface area contributed by atoms with Gasteiger partial charge in [-0.25, -0.2) is 4.98 Å². The number of oxazole rings is 1. The Morgan fingerprint density at radius 1 is 1.41 bits per heavy atom. The van der Waals surface area contributed by atoms with Crippen LogP contribution in [-0.2, 0) is 0 Å². The predicted octanol–water partition coefficient (Wildman–Crippen LogP) is 3.18. The molecule has 0 amide bonds. The molecule has 0 aliphatic heterocycles. The lowest BCUT2D eigenvalue weighted by molar-refractivity contribution is -0.0497. The van der Waals surface area contributed by atoms with Gasteiger partial charge >= 0.3 is 6.61 Å². The molecule has 17 heavy (non-hydrogen) atoms. The Morgan fingerprint density at radius 2 is 2.18 bits per heavy atom. The van der Waals surface area contributed by atoms with Crippen molar-refractivity contribution in [3.8, 4) is 17.1 Å². The van der Waals surface area contributed by atoms with Crippen molar-refractivity contribution in [3.63, 3.8) is 0 Å². The summed E-state index contributed by atoms with van der Waals surface area (Å²) in [6.45, 7) is -2.92. The van der Waals surface area contributed by atoms with Gasteiger partial charge in [-0.15, -0.1) is 0 Å². The summed E-state index contributed by atoms with van der Waals surface area (Å²) in [6.07, 6.45) is 1.41. The number of hydrogen-bond donors (Lipinski definition) is 1. The molecule has 0 spiro atoms. The maximum Gasteiger partial charge on any atom is 0.387 e. The van der Waals surface area contributed by atoms with E-state index in [1.165, 1.54) is 24.4 Å². The maximum atomic E-state index is 12.0. The summed E-state index contributed by atoms with van der Waals surface area (Å²) in [7, 11) is 0. The third-order valence-electron chi connectivity index (χ3n) is 1.96. The van der Waals surface area contributed by atoms with E-state index in [0.29, 0.717) is 11.3 Å². The van der Waals surface area contributed by atoms with E-state index in [2.05, 4.69) is 9.72 Å². The van der Waals surface area contributed by atoms with Gasteiger partial charge in [0.2, 0.25) is 0 Å². The van der Waals surface area contributed by atoms with Crippen LogP contribution in [0.4, 0.5) is 14.8 Å². The Labute approximate surface area is 100.0 Å². The van der Waals surface area contributed by atoms with Gasteiger partial charge in [0.05, 0.1) is 11.2 Å². The Bertz CT molecular complexity index is 531. The SMILES string of the molecule is Nc1ncc(-c2ccc(OC(F)F)c(Cl)c2)o1. The van der Waals surface area contributed by atoms with Gasteiger partial charge in [-0.3, -0.25) is 0 Å². The highest BCUT2D eigenvalue weighted by Crippen LogP contribution is 2.31. The van der Waals surface area contributed by atoms with Crippen molar-refractivity contribution >= 4 is 17.6 Å². The standard InChI is InChI=1S/C10H7ClF2N2O2/c11-6-3-5(8-4-15-10(14)17-8)1-2-7(6)16-9(12)13/h1-4,9H,(H2,14,15). The van der Waals surface area contributed by atoms with Crippen LogP contribution in [0.3, 0.4) is 0 Å². The fourth-order valence-electron chi connectivity index (χ4n) is 1.27. The number of nitrogens with zero attached hydrogens (tertiary/aromatic N) is 1. The number of benzene rings is 1. The second-order valence-electron chi connectivity index (χ2n) is 3.09. The molecule has 1 aromatic heterocycles. The number of halogens is 3. The van der Waals surface area contributed by atoms with E-state index >= 15 is 0 Å². The minimum atomic E-state index is -2.92. The van der Waals surface area contributed by atoms with E-state index in [4.69, 9.17) is 21.8 Å². The molecule has 1 aromatic carbocycles. The van der Waals surface area contributed by atoms with E-state index in [0.717, 1.165) is 0 Å². The summed E-state index contributed by atoms with van der Waals surface area (Å²) in [5.41, 5.74) is 5.89. The summed E-state index contributed by atoms with van der Waals surface area (Å²) in [4.78, 5) is 3.71. The molecule has 0 saturated heterocycles. The molecule has 4 nitrogen and oxygen atoms in total. The number of ether oxygens (including phenoxy) is 1. The Balaban J connectivity index is 2.30. The lowest BCUT2D eigenvalue weighted by Crippen LogP contribution is -2.02. The number of hydrogen-bond acceptors (Lipinski definition) is 4. The number of nitrogens with two attached hydrogens (primary N) is 1. The van der Waals surface area contributed by atoms with E-state index in [1.807, 2.05) is 0 Å². The second-order valence-corrected chi connectivity index (χ2v) is 3.49. The molecule has 0 bridgehead atoms. The van der Waals surface area contributed by atoms with Gasteiger partial charge in [-0.1, -0.05) is 11.6 Å². The number of anilines is 1. The zero-order valence-electron chi connectivity index (χ0n) is 8.36. The summed E-state index contributed by atoms with van der Waals surface area (Å²) < 4.78 is 33.3. The third-order valence-corrected chi connectivity index (χ3v) is 2.25. The predicted molar refractivity (Wildman–Crippen MR) is 58.0 cm³/mol. The first-order chi connectivity index (χ1) is 8.06. The molecular weight excluding hydrogens is 254 g/mol. The molecule has 0 radical (unpaired) electrons. The quantitative estimate of drug-likeness (QED) is 0.921. The average Bonchev–Trinajstić information content (AvgIpc) is 2.67. The van der Waals surface area contributed by atoms with Crippen molar-refractivity contribution in [1.29, 1.82) is 0 Å². The third kappa shape index (κ3) is 2.65. The Hall–Kier alpha value is -1.82. The molecule has 0 aliphatic rings. The van der Waals surface area contributed by atoms with Crippen LogP contribution in [0.25, 0.3) is 11.3 Å². The van der Waals surface area contributed by atoms with Crippen LogP contribution in [0.1, 0.15) is 0 Å². The Morgan fingerprint density at radius 3 is 2.71 bits per heavy atom. The van der Waals surface area contributed by atoms with Gasteiger partial charge in [0, 0.05) is 5.56 Å². The van der Waals surface area contributed by atoms with Crippen molar-refractivity contribution in [2.45, 2.75) is 6.61 Å². The monoisotopic (exact) mass is 260 g/mol. The molecule has 7 heteroatoms. The smallest absolute Gasteiger partial charge is 0.387 e. The average molecular weight is 261 g/mol. The van der Waals surface area contributed by atoms with Gasteiger partial charge in [0.1, 0.15) is 5.75 Å². The largest absolute Gasteiger partial charge is 0.433 e. The highest BCUT2D eigenvalue weighted by atomic mass is 35.5. The maximum absolute atomic E-state index is 12.0. The Kier molecular flexibility index (Phi) is 3.14. The minimum absolute atomic E-state index is 0.0176. The van der Waals surface area contributed by atoms with E-state index in [1.54, 1.807) is 0 Å². The van der Waals surface area contributed by atoms with E-state index in [9.17, 15) is 8.78 Å². The second kappa shape index (κ2) is 4.58. The highest BCUT2D eigenvalue weighted by molar-refractivity contribution is 6.32. The normalized spacial score (nSPS) is 10.8. The topological polar surface area (TPSA) is 61.3 Å². The molecule has 2 rings (SSSR count). The van der Waals surface area contributed by atoms with Crippen LogP contribution >= 0.6 is 11.6 Å². The van der Waals surface area contributed by atoms with Crippen molar-refractivity contribution < 1.29 is 17.9 Å². The fourth-order valence-corrected chi connectivity index (χ4v) is 1.49. The van der Waals surface area contributed by atoms with Crippen LogP contribution in [0.5, 0.6) is 5.75 Å². The lowest BCUT2D eigenvalue weighted by atomic mass is 10.2. The number of nitrogen functional groups attached to an aromatic ring is 1. The van der Waals surface area contributed by atoms with Crippen molar-refractivity contribution in [1.82, 2.24) is 4.98 Å². The molecule has 1 heterocycles. The summed E-state index contributed by atoms with van der Waals surface area (Å²) in [6, 6.07) is 4.29. The summed E-state index contributed by atoms with van der Waals surface area (Å²) in [5.74, 6) is 0.297. The number of alkyl halides is 2. The highest BCUT2D eigenvalue weighted by Gasteiger charge is 2.11. The van der Waals surface area contributed by atoms with Crippen molar-refractivity contribution in [2.75, 3.05) is 5.73 Å². The molecule has 0 aliphatic carbocycles. The molecule has 90 valence electrons. The minimum Gasteiger partial charge on any atom is -0.433 e. The van der Waals surface area contributed by atoms with Crippen LogP contribution in [-0.4, -0.2) is 11.6 Å². The van der Waals surface area contributed by atoms with Crippen LogP contribution in [0, 0.1) is 0 Å². The van der Waals surface area contributed by atoms with Crippen molar-refractivity contribution in [2.24, 2.45) is 0 Å². The van der Waals surface area contributed by atoms with Gasteiger partial charge < -0.3 is 14.9 Å². The van der Waals surface area contributed by atoms with E-state index < -0.39 is 6.61 Å². The first kappa shape index (κ1) is 11.7. The van der Waals surface area contributed by atoms with E-state index in [-0.39, 0.29) is 16.8 Å². The van der Waals surface area contributed by atoms with Gasteiger partial charge in [-0.05, 0) is 18.2 Å². The van der Waals surface area contributed by atoms with Gasteiger partial charge in [0.15, 0.2) is 5.76 Å². The molecular formula is C10H7ClF2N2O2. The summed E-state index contributed by atoms with van der Waals surface area (Å²) >= 11 is 5.78. The van der Waals surface area contributed by atoms with Crippen LogP contribution in [0.15, 0.2) is 28.8 Å². The molecule has 0 unspecified atom stereocenters. The molecule has 2 N–H and O–H groups in total. The molecule has 0 fully saturated rings. The zero-order chi connectivity index (χ0) is 12.4. The first-order valence-electron chi connectivity index (χ1n) is 4.52. The zero-order valence-corrected chi connectivity index (χ0v) is 9.12. The van der Waals surface area contributed by atoms with Gasteiger partial charge in [0.25, 0.3) is 6.01 Å². The lowest BCUT2D eigenvalue weighted by Gasteiger charge is -2.07. The number of aromatic nitrogens is 1. The first-order valence-corrected chi connectivity index (χ1v) is 4.90.